The summed E-state index contributed by atoms with van der Waals surface area (Å²) in [7, 11) is 0. The molecular weight excluding hydrogens is 270 g/mol. The minimum absolute atomic E-state index is 0.00268. The first kappa shape index (κ1) is 15.0. The molecule has 1 N–H and O–H groups in total. The van der Waals surface area contributed by atoms with E-state index < -0.39 is 0 Å². The second-order valence-corrected chi connectivity index (χ2v) is 4.58. The number of amides is 1. The zero-order valence-electron chi connectivity index (χ0n) is 12.0. The van der Waals surface area contributed by atoms with Crippen molar-refractivity contribution < 1.29 is 13.9 Å². The Morgan fingerprint density at radius 1 is 1.29 bits per heavy atom. The van der Waals surface area contributed by atoms with Gasteiger partial charge >= 0.3 is 0 Å². The molecule has 1 amide bonds. The molecular formula is C15H19N3O3. The van der Waals surface area contributed by atoms with Gasteiger partial charge in [0.1, 0.15) is 5.75 Å². The van der Waals surface area contributed by atoms with Crippen LogP contribution < -0.4 is 10.1 Å². The van der Waals surface area contributed by atoms with E-state index in [1.54, 1.807) is 6.92 Å². The Balaban J connectivity index is 1.53. The van der Waals surface area contributed by atoms with E-state index in [2.05, 4.69) is 15.5 Å². The van der Waals surface area contributed by atoms with Crippen LogP contribution >= 0.6 is 0 Å². The maximum Gasteiger partial charge on any atom is 0.220 e. The van der Waals surface area contributed by atoms with Gasteiger partial charge in [-0.1, -0.05) is 18.2 Å². The van der Waals surface area contributed by atoms with Crippen molar-refractivity contribution >= 4 is 5.91 Å². The van der Waals surface area contributed by atoms with Crippen LogP contribution in [0.25, 0.3) is 0 Å². The molecule has 0 aliphatic rings. The van der Waals surface area contributed by atoms with Crippen LogP contribution in [0.4, 0.5) is 0 Å². The molecule has 0 radical (unpaired) electrons. The Kier molecular flexibility index (Phi) is 5.75. The lowest BCUT2D eigenvalue weighted by molar-refractivity contribution is -0.121. The number of aromatic nitrogens is 2. The van der Waals surface area contributed by atoms with Gasteiger partial charge in [0.05, 0.1) is 6.61 Å². The highest BCUT2D eigenvalue weighted by atomic mass is 16.5. The summed E-state index contributed by atoms with van der Waals surface area (Å²) in [5, 5.41) is 10.4. The molecule has 2 aromatic rings. The fourth-order valence-electron chi connectivity index (χ4n) is 1.78. The molecule has 2 rings (SSSR count). The quantitative estimate of drug-likeness (QED) is 0.751. The van der Waals surface area contributed by atoms with Crippen molar-refractivity contribution in [1.29, 1.82) is 0 Å². The minimum Gasteiger partial charge on any atom is -0.494 e. The second-order valence-electron chi connectivity index (χ2n) is 4.58. The van der Waals surface area contributed by atoms with Crippen LogP contribution in [-0.2, 0) is 11.2 Å². The van der Waals surface area contributed by atoms with Crippen molar-refractivity contribution in [3.8, 4) is 5.75 Å². The molecule has 0 fully saturated rings. The molecule has 1 aromatic heterocycles. The topological polar surface area (TPSA) is 77.2 Å². The third-order valence-corrected chi connectivity index (χ3v) is 2.79. The van der Waals surface area contributed by atoms with E-state index in [-0.39, 0.29) is 5.91 Å². The van der Waals surface area contributed by atoms with E-state index in [1.165, 1.54) is 0 Å². The molecule has 0 aliphatic carbocycles. The summed E-state index contributed by atoms with van der Waals surface area (Å²) in [6, 6.07) is 9.56. The van der Waals surface area contributed by atoms with Crippen LogP contribution in [0.2, 0.25) is 0 Å². The van der Waals surface area contributed by atoms with Crippen LogP contribution in [-0.4, -0.2) is 29.3 Å². The molecule has 1 heterocycles. The number of nitrogens with zero attached hydrogens (tertiary/aromatic N) is 2. The lowest BCUT2D eigenvalue weighted by atomic mass is 10.3. The summed E-state index contributed by atoms with van der Waals surface area (Å²) < 4.78 is 10.7. The van der Waals surface area contributed by atoms with Crippen LogP contribution in [0.3, 0.4) is 0 Å². The first-order valence-electron chi connectivity index (χ1n) is 6.97. The Morgan fingerprint density at radius 2 is 2.10 bits per heavy atom. The lowest BCUT2D eigenvalue weighted by Gasteiger charge is -2.06. The molecule has 0 saturated heterocycles. The number of carbonyl (C=O) groups excluding carboxylic acids is 1. The summed E-state index contributed by atoms with van der Waals surface area (Å²) in [4.78, 5) is 11.6. The SMILES string of the molecule is Cc1nnc(CCNC(=O)CCCOc2ccccc2)o1. The highest BCUT2D eigenvalue weighted by molar-refractivity contribution is 5.75. The Labute approximate surface area is 123 Å². The Hall–Kier alpha value is -2.37. The first-order chi connectivity index (χ1) is 10.2. The van der Waals surface area contributed by atoms with Gasteiger partial charge in [-0.25, -0.2) is 0 Å². The first-order valence-corrected chi connectivity index (χ1v) is 6.97. The number of rotatable bonds is 8. The normalized spacial score (nSPS) is 10.3. The van der Waals surface area contributed by atoms with Crippen molar-refractivity contribution in [1.82, 2.24) is 15.5 Å². The average Bonchev–Trinajstić information content (AvgIpc) is 2.90. The molecule has 112 valence electrons. The second kappa shape index (κ2) is 8.04. The predicted molar refractivity (Wildman–Crippen MR) is 76.9 cm³/mol. The third kappa shape index (κ3) is 5.64. The summed E-state index contributed by atoms with van der Waals surface area (Å²) in [6.07, 6.45) is 1.67. The van der Waals surface area contributed by atoms with E-state index in [4.69, 9.17) is 9.15 Å². The van der Waals surface area contributed by atoms with Crippen molar-refractivity contribution in [2.75, 3.05) is 13.2 Å². The minimum atomic E-state index is 0.00268. The van der Waals surface area contributed by atoms with Gasteiger partial charge in [0.2, 0.25) is 17.7 Å². The van der Waals surface area contributed by atoms with E-state index in [9.17, 15) is 4.79 Å². The molecule has 1 aromatic carbocycles. The van der Waals surface area contributed by atoms with Gasteiger partial charge in [0.25, 0.3) is 0 Å². The number of nitrogens with one attached hydrogen (secondary N) is 1. The van der Waals surface area contributed by atoms with Crippen LogP contribution in [0.1, 0.15) is 24.6 Å². The van der Waals surface area contributed by atoms with E-state index in [0.717, 1.165) is 5.75 Å². The summed E-state index contributed by atoms with van der Waals surface area (Å²) >= 11 is 0. The highest BCUT2D eigenvalue weighted by Crippen LogP contribution is 2.08. The fourth-order valence-corrected chi connectivity index (χ4v) is 1.78. The molecule has 0 saturated carbocycles. The predicted octanol–water partition coefficient (Wildman–Crippen LogP) is 1.90. The highest BCUT2D eigenvalue weighted by Gasteiger charge is 2.04. The van der Waals surface area contributed by atoms with Crippen LogP contribution in [0.15, 0.2) is 34.7 Å². The zero-order chi connectivity index (χ0) is 14.9. The number of ether oxygens (including phenoxy) is 1. The van der Waals surface area contributed by atoms with E-state index in [0.29, 0.717) is 44.2 Å². The van der Waals surface area contributed by atoms with Crippen LogP contribution in [0.5, 0.6) is 5.75 Å². The number of benzene rings is 1. The number of hydrogen-bond acceptors (Lipinski definition) is 5. The summed E-state index contributed by atoms with van der Waals surface area (Å²) in [6.45, 7) is 2.77. The largest absolute Gasteiger partial charge is 0.494 e. The third-order valence-electron chi connectivity index (χ3n) is 2.79. The van der Waals surface area contributed by atoms with Crippen molar-refractivity contribution in [3.05, 3.63) is 42.1 Å². The monoisotopic (exact) mass is 289 g/mol. The average molecular weight is 289 g/mol. The molecule has 21 heavy (non-hydrogen) atoms. The maximum absolute atomic E-state index is 11.6. The Morgan fingerprint density at radius 3 is 2.81 bits per heavy atom. The van der Waals surface area contributed by atoms with Gasteiger partial charge < -0.3 is 14.5 Å². The number of aryl methyl sites for hydroxylation is 1. The van der Waals surface area contributed by atoms with Crippen molar-refractivity contribution in [2.24, 2.45) is 0 Å². The van der Waals surface area contributed by atoms with Gasteiger partial charge in [0.15, 0.2) is 0 Å². The Bertz CT molecular complexity index is 554. The van der Waals surface area contributed by atoms with Gasteiger partial charge in [-0.15, -0.1) is 10.2 Å². The zero-order valence-corrected chi connectivity index (χ0v) is 12.0. The van der Waals surface area contributed by atoms with Gasteiger partial charge in [-0.2, -0.15) is 0 Å². The molecule has 0 aliphatic heterocycles. The van der Waals surface area contributed by atoms with E-state index >= 15 is 0 Å². The molecule has 0 spiro atoms. The molecule has 6 heteroatoms. The standard InChI is InChI=1S/C15H19N3O3/c1-12-17-18-15(21-12)9-10-16-14(19)8-5-11-20-13-6-3-2-4-7-13/h2-4,6-7H,5,8-11H2,1H3,(H,16,19). The number of hydrogen-bond donors (Lipinski definition) is 1. The molecule has 0 unspecified atom stereocenters. The molecule has 0 bridgehead atoms. The maximum atomic E-state index is 11.6. The fraction of sp³-hybridized carbons (Fsp3) is 0.400. The van der Waals surface area contributed by atoms with Gasteiger partial charge in [-0.3, -0.25) is 4.79 Å². The molecule has 0 atom stereocenters. The number of para-hydroxylation sites is 1. The van der Waals surface area contributed by atoms with E-state index in [1.807, 2.05) is 30.3 Å². The summed E-state index contributed by atoms with van der Waals surface area (Å²) in [5.41, 5.74) is 0. The van der Waals surface area contributed by atoms with Gasteiger partial charge in [0, 0.05) is 26.3 Å². The van der Waals surface area contributed by atoms with Gasteiger partial charge in [-0.05, 0) is 18.6 Å². The molecule has 6 nitrogen and oxygen atoms in total. The van der Waals surface area contributed by atoms with Crippen molar-refractivity contribution in [3.63, 3.8) is 0 Å². The summed E-state index contributed by atoms with van der Waals surface area (Å²) in [5.74, 6) is 1.90. The number of carbonyl (C=O) groups is 1. The van der Waals surface area contributed by atoms with Crippen molar-refractivity contribution in [2.45, 2.75) is 26.2 Å². The smallest absolute Gasteiger partial charge is 0.220 e. The lowest BCUT2D eigenvalue weighted by Crippen LogP contribution is -2.25. The van der Waals surface area contributed by atoms with Crippen LogP contribution in [0, 0.1) is 6.92 Å².